The number of ether oxygens (including phenoxy) is 1. The van der Waals surface area contributed by atoms with Crippen molar-refractivity contribution in [2.75, 3.05) is 6.61 Å². The van der Waals surface area contributed by atoms with Crippen molar-refractivity contribution in [1.29, 1.82) is 0 Å². The molecule has 2 nitrogen and oxygen atoms in total. The van der Waals surface area contributed by atoms with E-state index in [1.54, 1.807) is 11.3 Å². The number of nitrogens with zero attached hydrogens (tertiary/aromatic N) is 1. The zero-order valence-electron chi connectivity index (χ0n) is 7.83. The minimum atomic E-state index is 0.645. The Bertz CT molecular complexity index is 232. The molecule has 1 aromatic heterocycles. The molecular formula is C9H15NOS. The van der Waals surface area contributed by atoms with E-state index in [0.717, 1.165) is 23.8 Å². The van der Waals surface area contributed by atoms with Crippen LogP contribution >= 0.6 is 11.3 Å². The van der Waals surface area contributed by atoms with Gasteiger partial charge in [-0.2, -0.15) is 0 Å². The van der Waals surface area contributed by atoms with E-state index >= 15 is 0 Å². The topological polar surface area (TPSA) is 22.1 Å². The molecule has 0 fully saturated rings. The second kappa shape index (κ2) is 4.45. The van der Waals surface area contributed by atoms with Gasteiger partial charge in [0.1, 0.15) is 0 Å². The first-order valence-electron chi connectivity index (χ1n) is 4.29. The summed E-state index contributed by atoms with van der Waals surface area (Å²) < 4.78 is 5.43. The molecular weight excluding hydrogens is 170 g/mol. The van der Waals surface area contributed by atoms with Crippen molar-refractivity contribution in [3.05, 3.63) is 11.2 Å². The Labute approximate surface area is 77.6 Å². The van der Waals surface area contributed by atoms with E-state index in [9.17, 15) is 0 Å². The molecule has 0 radical (unpaired) electrons. The monoisotopic (exact) mass is 185 g/mol. The third-order valence-corrected chi connectivity index (χ3v) is 2.26. The summed E-state index contributed by atoms with van der Waals surface area (Å²) in [6.45, 7) is 7.11. The summed E-state index contributed by atoms with van der Waals surface area (Å²) in [5.41, 5.74) is 2.96. The van der Waals surface area contributed by atoms with Crippen molar-refractivity contribution in [2.24, 2.45) is 5.92 Å². The van der Waals surface area contributed by atoms with Crippen LogP contribution in [0.25, 0.3) is 0 Å². The SMILES string of the molecule is CCOc1scnc1CC(C)C. The molecule has 1 aromatic rings. The van der Waals surface area contributed by atoms with Crippen LogP contribution in [0.5, 0.6) is 5.06 Å². The van der Waals surface area contributed by atoms with Crippen LogP contribution in [-0.2, 0) is 6.42 Å². The summed E-state index contributed by atoms with van der Waals surface area (Å²) in [4.78, 5) is 4.27. The Balaban J connectivity index is 2.63. The lowest BCUT2D eigenvalue weighted by Gasteiger charge is -2.04. The van der Waals surface area contributed by atoms with Crippen LogP contribution in [0.2, 0.25) is 0 Å². The van der Waals surface area contributed by atoms with E-state index in [1.165, 1.54) is 0 Å². The van der Waals surface area contributed by atoms with Crippen molar-refractivity contribution in [1.82, 2.24) is 4.98 Å². The lowest BCUT2D eigenvalue weighted by molar-refractivity contribution is 0.344. The highest BCUT2D eigenvalue weighted by molar-refractivity contribution is 7.11. The van der Waals surface area contributed by atoms with Crippen molar-refractivity contribution in [3.8, 4) is 5.06 Å². The van der Waals surface area contributed by atoms with E-state index in [1.807, 2.05) is 12.4 Å². The molecule has 0 amide bonds. The molecule has 0 atom stereocenters. The lowest BCUT2D eigenvalue weighted by atomic mass is 10.1. The third kappa shape index (κ3) is 2.48. The van der Waals surface area contributed by atoms with E-state index in [2.05, 4.69) is 18.8 Å². The Morgan fingerprint density at radius 2 is 2.33 bits per heavy atom. The maximum absolute atomic E-state index is 5.43. The molecule has 0 bridgehead atoms. The zero-order valence-corrected chi connectivity index (χ0v) is 8.65. The van der Waals surface area contributed by atoms with Gasteiger partial charge in [0.05, 0.1) is 17.8 Å². The van der Waals surface area contributed by atoms with Crippen LogP contribution in [0.15, 0.2) is 5.51 Å². The van der Waals surface area contributed by atoms with Gasteiger partial charge in [0.15, 0.2) is 5.06 Å². The minimum absolute atomic E-state index is 0.645. The zero-order chi connectivity index (χ0) is 8.97. The van der Waals surface area contributed by atoms with Crippen LogP contribution in [0.3, 0.4) is 0 Å². The Morgan fingerprint density at radius 1 is 1.58 bits per heavy atom. The second-order valence-electron chi connectivity index (χ2n) is 3.12. The summed E-state index contributed by atoms with van der Waals surface area (Å²) in [6.07, 6.45) is 1.01. The predicted molar refractivity (Wildman–Crippen MR) is 51.8 cm³/mol. The lowest BCUT2D eigenvalue weighted by Crippen LogP contribution is -1.98. The highest BCUT2D eigenvalue weighted by atomic mass is 32.1. The quantitative estimate of drug-likeness (QED) is 0.719. The van der Waals surface area contributed by atoms with Gasteiger partial charge in [-0.1, -0.05) is 25.2 Å². The van der Waals surface area contributed by atoms with Crippen molar-refractivity contribution >= 4 is 11.3 Å². The fraction of sp³-hybridized carbons (Fsp3) is 0.667. The van der Waals surface area contributed by atoms with Gasteiger partial charge in [-0.05, 0) is 19.3 Å². The second-order valence-corrected chi connectivity index (χ2v) is 3.93. The van der Waals surface area contributed by atoms with Gasteiger partial charge in [0.2, 0.25) is 0 Å². The minimum Gasteiger partial charge on any atom is -0.483 e. The Kier molecular flexibility index (Phi) is 3.53. The van der Waals surface area contributed by atoms with Gasteiger partial charge in [-0.25, -0.2) is 4.98 Å². The standard InChI is InChI=1S/C9H15NOS/c1-4-11-9-8(5-7(2)3)10-6-12-9/h6-7H,4-5H2,1-3H3. The Morgan fingerprint density at radius 3 is 2.92 bits per heavy atom. The average molecular weight is 185 g/mol. The van der Waals surface area contributed by atoms with Crippen molar-refractivity contribution in [2.45, 2.75) is 27.2 Å². The Hall–Kier alpha value is -0.570. The van der Waals surface area contributed by atoms with Crippen LogP contribution in [0, 0.1) is 5.92 Å². The molecule has 1 heterocycles. The molecule has 3 heteroatoms. The van der Waals surface area contributed by atoms with Crippen LogP contribution in [0.1, 0.15) is 26.5 Å². The van der Waals surface area contributed by atoms with E-state index < -0.39 is 0 Å². The number of thiazole rings is 1. The number of aromatic nitrogens is 1. The maximum Gasteiger partial charge on any atom is 0.197 e. The fourth-order valence-electron chi connectivity index (χ4n) is 1.03. The smallest absolute Gasteiger partial charge is 0.197 e. The first-order valence-corrected chi connectivity index (χ1v) is 5.17. The van der Waals surface area contributed by atoms with Crippen molar-refractivity contribution in [3.63, 3.8) is 0 Å². The van der Waals surface area contributed by atoms with Gasteiger partial charge in [-0.3, -0.25) is 0 Å². The molecule has 0 spiro atoms. The first kappa shape index (κ1) is 9.52. The van der Waals surface area contributed by atoms with Crippen LogP contribution in [0.4, 0.5) is 0 Å². The first-order chi connectivity index (χ1) is 5.74. The molecule has 0 saturated carbocycles. The van der Waals surface area contributed by atoms with Crippen LogP contribution in [-0.4, -0.2) is 11.6 Å². The molecule has 0 aliphatic carbocycles. The summed E-state index contributed by atoms with van der Waals surface area (Å²) in [5.74, 6) is 0.645. The summed E-state index contributed by atoms with van der Waals surface area (Å²) in [7, 11) is 0. The summed E-state index contributed by atoms with van der Waals surface area (Å²) in [5, 5.41) is 0.992. The van der Waals surface area contributed by atoms with Gasteiger partial charge >= 0.3 is 0 Å². The fourth-order valence-corrected chi connectivity index (χ4v) is 1.76. The summed E-state index contributed by atoms with van der Waals surface area (Å²) >= 11 is 1.58. The van der Waals surface area contributed by atoms with Gasteiger partial charge in [0, 0.05) is 0 Å². The van der Waals surface area contributed by atoms with Gasteiger partial charge in [0.25, 0.3) is 0 Å². The maximum atomic E-state index is 5.43. The average Bonchev–Trinajstić information content (AvgIpc) is 2.37. The molecule has 0 aromatic carbocycles. The molecule has 0 saturated heterocycles. The van der Waals surface area contributed by atoms with Gasteiger partial charge in [-0.15, -0.1) is 0 Å². The molecule has 0 N–H and O–H groups in total. The molecule has 0 aliphatic rings. The highest BCUT2D eigenvalue weighted by Crippen LogP contribution is 2.25. The molecule has 12 heavy (non-hydrogen) atoms. The van der Waals surface area contributed by atoms with E-state index in [0.29, 0.717) is 5.92 Å². The number of hydrogen-bond acceptors (Lipinski definition) is 3. The van der Waals surface area contributed by atoms with Crippen molar-refractivity contribution < 1.29 is 4.74 Å². The summed E-state index contributed by atoms with van der Waals surface area (Å²) in [6, 6.07) is 0. The molecule has 1 rings (SSSR count). The van der Waals surface area contributed by atoms with Gasteiger partial charge < -0.3 is 4.74 Å². The van der Waals surface area contributed by atoms with E-state index in [-0.39, 0.29) is 0 Å². The largest absolute Gasteiger partial charge is 0.483 e. The third-order valence-electron chi connectivity index (χ3n) is 1.48. The predicted octanol–water partition coefficient (Wildman–Crippen LogP) is 2.74. The number of rotatable bonds is 4. The van der Waals surface area contributed by atoms with E-state index in [4.69, 9.17) is 4.74 Å². The molecule has 0 unspecified atom stereocenters. The highest BCUT2D eigenvalue weighted by Gasteiger charge is 2.08. The number of hydrogen-bond donors (Lipinski definition) is 0. The normalized spacial score (nSPS) is 10.7. The molecule has 68 valence electrons. The molecule has 0 aliphatic heterocycles. The van der Waals surface area contributed by atoms with Crippen LogP contribution < -0.4 is 4.74 Å².